The maximum Gasteiger partial charge on any atom is 0.192 e. The summed E-state index contributed by atoms with van der Waals surface area (Å²) in [5.74, 6) is 3.80. The summed E-state index contributed by atoms with van der Waals surface area (Å²) < 4.78 is 1.76. The van der Waals surface area contributed by atoms with Gasteiger partial charge in [-0.15, -0.1) is 11.5 Å². The fourth-order valence-corrected chi connectivity index (χ4v) is 2.98. The maximum atomic E-state index is 5.38. The van der Waals surface area contributed by atoms with E-state index in [0.717, 1.165) is 27.3 Å². The van der Waals surface area contributed by atoms with Gasteiger partial charge in [0.05, 0.1) is 11.3 Å². The summed E-state index contributed by atoms with van der Waals surface area (Å²) in [6, 6.07) is 11.7. The van der Waals surface area contributed by atoms with Crippen LogP contribution in [0.3, 0.4) is 0 Å². The van der Waals surface area contributed by atoms with Crippen LogP contribution in [0.5, 0.6) is 0 Å². The van der Waals surface area contributed by atoms with Crippen molar-refractivity contribution in [1.29, 1.82) is 0 Å². The van der Waals surface area contributed by atoms with Crippen molar-refractivity contribution in [3.8, 4) is 23.7 Å². The minimum absolute atomic E-state index is 0.533. The van der Waals surface area contributed by atoms with Gasteiger partial charge in [-0.2, -0.15) is 4.52 Å². The second-order valence-electron chi connectivity index (χ2n) is 4.81. The fraction of sp³-hybridized carbons (Fsp3) is 0.0588. The van der Waals surface area contributed by atoms with Gasteiger partial charge in [0.1, 0.15) is 0 Å². The van der Waals surface area contributed by atoms with E-state index in [4.69, 9.17) is 11.4 Å². The molecular weight excluding hydrogens is 306 g/mol. The van der Waals surface area contributed by atoms with Gasteiger partial charge < -0.3 is 0 Å². The number of para-hydroxylation sites is 1. The quantitative estimate of drug-likeness (QED) is 0.330. The molecule has 0 atom stereocenters. The predicted molar refractivity (Wildman–Crippen MR) is 91.1 cm³/mol. The lowest BCUT2D eigenvalue weighted by Crippen LogP contribution is -1.98. The summed E-state index contributed by atoms with van der Waals surface area (Å²) in [4.78, 5) is 13.4. The molecule has 0 fully saturated rings. The first-order valence-corrected chi connectivity index (χ1v) is 7.97. The first-order valence-electron chi connectivity index (χ1n) is 6.99. The molecule has 3 heterocycles. The Balaban J connectivity index is 2.00. The molecule has 0 saturated heterocycles. The van der Waals surface area contributed by atoms with Crippen LogP contribution in [-0.2, 0) is 0 Å². The Morgan fingerprint density at radius 1 is 1.09 bits per heavy atom. The summed E-state index contributed by atoms with van der Waals surface area (Å²) in [7, 11) is 0. The van der Waals surface area contributed by atoms with Gasteiger partial charge in [0, 0.05) is 23.3 Å². The molecule has 5 nitrogen and oxygen atoms in total. The number of thioether (sulfide) groups is 1. The van der Waals surface area contributed by atoms with E-state index in [2.05, 4.69) is 21.0 Å². The highest BCUT2D eigenvalue weighted by molar-refractivity contribution is 7.99. The minimum Gasteiger partial charge on any atom is -0.265 e. The highest BCUT2D eigenvalue weighted by Gasteiger charge is 2.14. The molecular formula is C17H11N5S. The predicted octanol–water partition coefficient (Wildman–Crippen LogP) is 3.06. The third-order valence-corrected chi connectivity index (χ3v) is 4.21. The van der Waals surface area contributed by atoms with E-state index in [1.165, 1.54) is 11.8 Å². The molecule has 1 aromatic carbocycles. The van der Waals surface area contributed by atoms with Gasteiger partial charge in [-0.05, 0) is 24.3 Å². The van der Waals surface area contributed by atoms with Crippen LogP contribution in [-0.4, -0.2) is 30.3 Å². The normalized spacial score (nSPS) is 10.9. The van der Waals surface area contributed by atoms with Crippen LogP contribution in [0, 0.1) is 12.3 Å². The molecule has 0 N–H and O–H groups in total. The van der Waals surface area contributed by atoms with Crippen LogP contribution in [0.1, 0.15) is 0 Å². The standard InChI is InChI=1S/C17H11N5S/c1-2-11-23-17-19-14-6-4-3-5-13(14)16-20-15(21-22(16)17)12-7-9-18-10-8-12/h1,3-10H,11H2. The average molecular weight is 317 g/mol. The summed E-state index contributed by atoms with van der Waals surface area (Å²) in [6.45, 7) is 0. The fourth-order valence-electron chi connectivity index (χ4n) is 2.35. The van der Waals surface area contributed by atoms with Crippen LogP contribution >= 0.6 is 11.8 Å². The number of benzene rings is 1. The summed E-state index contributed by atoms with van der Waals surface area (Å²) in [5.41, 5.74) is 2.58. The van der Waals surface area contributed by atoms with Crippen LogP contribution < -0.4 is 0 Å². The summed E-state index contributed by atoms with van der Waals surface area (Å²) in [5, 5.41) is 6.32. The van der Waals surface area contributed by atoms with Crippen molar-refractivity contribution in [3.63, 3.8) is 0 Å². The smallest absolute Gasteiger partial charge is 0.192 e. The average Bonchev–Trinajstić information content (AvgIpc) is 3.06. The molecule has 23 heavy (non-hydrogen) atoms. The molecule has 3 aromatic heterocycles. The SMILES string of the molecule is C#CCSc1nc2ccccc2c2nc(-c3ccncc3)nn12. The zero-order valence-corrected chi connectivity index (χ0v) is 12.9. The molecule has 0 amide bonds. The van der Waals surface area contributed by atoms with Crippen LogP contribution in [0.2, 0.25) is 0 Å². The number of nitrogens with zero attached hydrogens (tertiary/aromatic N) is 5. The van der Waals surface area contributed by atoms with E-state index < -0.39 is 0 Å². The summed E-state index contributed by atoms with van der Waals surface area (Å²) in [6.07, 6.45) is 8.83. The zero-order valence-electron chi connectivity index (χ0n) is 12.0. The number of hydrogen-bond acceptors (Lipinski definition) is 5. The lowest BCUT2D eigenvalue weighted by atomic mass is 10.2. The van der Waals surface area contributed by atoms with Gasteiger partial charge in [-0.1, -0.05) is 29.8 Å². The van der Waals surface area contributed by atoms with E-state index >= 15 is 0 Å². The van der Waals surface area contributed by atoms with Gasteiger partial charge in [0.2, 0.25) is 0 Å². The number of hydrogen-bond donors (Lipinski definition) is 0. The molecule has 110 valence electrons. The molecule has 0 spiro atoms. The van der Waals surface area contributed by atoms with Crippen molar-refractivity contribution in [1.82, 2.24) is 24.6 Å². The number of pyridine rings is 1. The largest absolute Gasteiger partial charge is 0.265 e. The van der Waals surface area contributed by atoms with Gasteiger partial charge in [0.25, 0.3) is 0 Å². The Morgan fingerprint density at radius 2 is 1.91 bits per heavy atom. The lowest BCUT2D eigenvalue weighted by molar-refractivity contribution is 0.812. The molecule has 6 heteroatoms. The molecule has 0 aliphatic rings. The third-order valence-electron chi connectivity index (χ3n) is 3.37. The minimum atomic E-state index is 0.533. The van der Waals surface area contributed by atoms with Gasteiger partial charge in [-0.25, -0.2) is 9.97 Å². The number of fused-ring (bicyclic) bond motifs is 3. The topological polar surface area (TPSA) is 56.0 Å². The van der Waals surface area contributed by atoms with Crippen LogP contribution in [0.4, 0.5) is 0 Å². The van der Waals surface area contributed by atoms with Gasteiger partial charge in [0.15, 0.2) is 16.6 Å². The highest BCUT2D eigenvalue weighted by atomic mass is 32.2. The molecule has 0 saturated carbocycles. The number of rotatable bonds is 3. The number of aromatic nitrogens is 5. The second-order valence-corrected chi connectivity index (χ2v) is 5.75. The van der Waals surface area contributed by atoms with Crippen molar-refractivity contribution in [3.05, 3.63) is 48.8 Å². The van der Waals surface area contributed by atoms with E-state index in [1.807, 2.05) is 36.4 Å². The molecule has 0 bridgehead atoms. The van der Waals surface area contributed by atoms with E-state index in [9.17, 15) is 0 Å². The van der Waals surface area contributed by atoms with Gasteiger partial charge in [-0.3, -0.25) is 4.98 Å². The monoisotopic (exact) mass is 317 g/mol. The van der Waals surface area contributed by atoms with Crippen LogP contribution in [0.15, 0.2) is 53.9 Å². The van der Waals surface area contributed by atoms with Gasteiger partial charge >= 0.3 is 0 Å². The zero-order chi connectivity index (χ0) is 15.6. The highest BCUT2D eigenvalue weighted by Crippen LogP contribution is 2.25. The Hall–Kier alpha value is -2.91. The Morgan fingerprint density at radius 3 is 2.74 bits per heavy atom. The molecule has 4 aromatic rings. The first-order chi connectivity index (χ1) is 11.4. The molecule has 0 unspecified atom stereocenters. The second kappa shape index (κ2) is 5.71. The Kier molecular flexibility index (Phi) is 3.41. The lowest BCUT2D eigenvalue weighted by Gasteiger charge is -2.04. The Labute approximate surface area is 136 Å². The van der Waals surface area contributed by atoms with E-state index in [1.54, 1.807) is 16.9 Å². The van der Waals surface area contributed by atoms with E-state index in [-0.39, 0.29) is 0 Å². The first kappa shape index (κ1) is 13.7. The van der Waals surface area contributed by atoms with Crippen molar-refractivity contribution in [2.24, 2.45) is 0 Å². The molecule has 0 aliphatic carbocycles. The Bertz CT molecular complexity index is 1030. The van der Waals surface area contributed by atoms with E-state index in [0.29, 0.717) is 11.6 Å². The number of terminal acetylenes is 1. The third kappa shape index (κ3) is 2.41. The van der Waals surface area contributed by atoms with Crippen molar-refractivity contribution in [2.75, 3.05) is 5.75 Å². The molecule has 0 aliphatic heterocycles. The molecule has 0 radical (unpaired) electrons. The van der Waals surface area contributed by atoms with Crippen molar-refractivity contribution >= 4 is 28.3 Å². The maximum absolute atomic E-state index is 5.38. The molecule has 4 rings (SSSR count). The van der Waals surface area contributed by atoms with Crippen molar-refractivity contribution in [2.45, 2.75) is 5.16 Å². The van der Waals surface area contributed by atoms with Crippen LogP contribution in [0.25, 0.3) is 27.9 Å². The summed E-state index contributed by atoms with van der Waals surface area (Å²) >= 11 is 1.47. The van der Waals surface area contributed by atoms with Crippen molar-refractivity contribution < 1.29 is 0 Å².